The fourth-order valence-corrected chi connectivity index (χ4v) is 2.44. The monoisotopic (exact) mass is 395 g/mol. The minimum absolute atomic E-state index is 0.00191. The van der Waals surface area contributed by atoms with Crippen molar-refractivity contribution in [3.8, 4) is 0 Å². The second-order valence-electron chi connectivity index (χ2n) is 6.50. The normalized spacial score (nSPS) is 12.0. The number of hydrogen-bond acceptors (Lipinski definition) is 6. The average Bonchev–Trinajstić information content (AvgIpc) is 2.73. The SMILES string of the molecule is CCOC(=O)/C(C=Nc1ccccc1COC(=O)c1ccccc1)=C(/O)C(C)C. The van der Waals surface area contributed by atoms with Gasteiger partial charge in [0.05, 0.1) is 17.9 Å². The lowest BCUT2D eigenvalue weighted by Gasteiger charge is -2.10. The number of esters is 2. The van der Waals surface area contributed by atoms with Gasteiger partial charge < -0.3 is 14.6 Å². The van der Waals surface area contributed by atoms with Crippen LogP contribution in [0.2, 0.25) is 0 Å². The van der Waals surface area contributed by atoms with Crippen LogP contribution in [-0.2, 0) is 20.9 Å². The fraction of sp³-hybridized carbons (Fsp3) is 0.261. The third-order valence-corrected chi connectivity index (χ3v) is 4.01. The highest BCUT2D eigenvalue weighted by Crippen LogP contribution is 2.21. The number of allylic oxidation sites excluding steroid dienone is 1. The zero-order chi connectivity index (χ0) is 21.2. The van der Waals surface area contributed by atoms with E-state index in [-0.39, 0.29) is 30.5 Å². The Labute approximate surface area is 170 Å². The summed E-state index contributed by atoms with van der Waals surface area (Å²) in [7, 11) is 0. The van der Waals surface area contributed by atoms with Gasteiger partial charge in [0.25, 0.3) is 0 Å². The fourth-order valence-electron chi connectivity index (χ4n) is 2.44. The lowest BCUT2D eigenvalue weighted by Crippen LogP contribution is -2.13. The molecule has 0 radical (unpaired) electrons. The van der Waals surface area contributed by atoms with Gasteiger partial charge in [-0.25, -0.2) is 9.59 Å². The first-order chi connectivity index (χ1) is 13.9. The van der Waals surface area contributed by atoms with Gasteiger partial charge in [0.15, 0.2) is 0 Å². The number of benzene rings is 2. The standard InChI is InChI=1S/C23H25NO5/c1-4-28-23(27)19(21(25)16(2)3)14-24-20-13-9-8-12-18(20)15-29-22(26)17-10-6-5-7-11-17/h5-14,16,25H,4,15H2,1-3H3/b21-19+,24-14?. The zero-order valence-electron chi connectivity index (χ0n) is 16.8. The van der Waals surface area contributed by atoms with E-state index in [4.69, 9.17) is 9.47 Å². The Hall–Kier alpha value is -3.41. The van der Waals surface area contributed by atoms with Crippen molar-refractivity contribution in [1.82, 2.24) is 0 Å². The third-order valence-electron chi connectivity index (χ3n) is 4.01. The van der Waals surface area contributed by atoms with E-state index in [9.17, 15) is 14.7 Å². The Morgan fingerprint density at radius 1 is 1.03 bits per heavy atom. The molecule has 152 valence electrons. The molecule has 0 aromatic heterocycles. The minimum Gasteiger partial charge on any atom is -0.511 e. The number of carbonyl (C=O) groups is 2. The van der Waals surface area contributed by atoms with Gasteiger partial charge in [-0.2, -0.15) is 0 Å². The molecule has 6 heteroatoms. The van der Waals surface area contributed by atoms with Gasteiger partial charge in [-0.3, -0.25) is 4.99 Å². The smallest absolute Gasteiger partial charge is 0.343 e. The quantitative estimate of drug-likeness (QED) is 0.301. The van der Waals surface area contributed by atoms with E-state index in [2.05, 4.69) is 4.99 Å². The van der Waals surface area contributed by atoms with Gasteiger partial charge in [-0.15, -0.1) is 0 Å². The molecular formula is C23H25NO5. The van der Waals surface area contributed by atoms with Crippen molar-refractivity contribution >= 4 is 23.8 Å². The summed E-state index contributed by atoms with van der Waals surface area (Å²) in [5.41, 5.74) is 1.65. The molecule has 29 heavy (non-hydrogen) atoms. The molecule has 0 heterocycles. The summed E-state index contributed by atoms with van der Waals surface area (Å²) >= 11 is 0. The van der Waals surface area contributed by atoms with Crippen molar-refractivity contribution < 1.29 is 24.2 Å². The minimum atomic E-state index is -0.643. The lowest BCUT2D eigenvalue weighted by molar-refractivity contribution is -0.138. The predicted molar refractivity (Wildman–Crippen MR) is 111 cm³/mol. The van der Waals surface area contributed by atoms with E-state index in [1.807, 2.05) is 6.07 Å². The summed E-state index contributed by atoms with van der Waals surface area (Å²) in [6, 6.07) is 15.8. The van der Waals surface area contributed by atoms with E-state index in [1.165, 1.54) is 6.21 Å². The Kier molecular flexibility index (Phi) is 8.15. The zero-order valence-corrected chi connectivity index (χ0v) is 16.8. The number of nitrogens with zero attached hydrogens (tertiary/aromatic N) is 1. The summed E-state index contributed by atoms with van der Waals surface area (Å²) in [5.74, 6) is -1.44. The molecule has 0 aliphatic carbocycles. The molecule has 0 bridgehead atoms. The molecule has 1 N–H and O–H groups in total. The molecule has 0 aliphatic heterocycles. The second kappa shape index (κ2) is 10.8. The Bertz CT molecular complexity index is 900. The lowest BCUT2D eigenvalue weighted by atomic mass is 10.1. The van der Waals surface area contributed by atoms with E-state index in [0.717, 1.165) is 0 Å². The summed E-state index contributed by atoms with van der Waals surface area (Å²) < 4.78 is 10.4. The molecule has 0 saturated heterocycles. The molecule has 0 unspecified atom stereocenters. The van der Waals surface area contributed by atoms with Crippen LogP contribution in [0.15, 0.2) is 70.9 Å². The number of rotatable bonds is 8. The van der Waals surface area contributed by atoms with Gasteiger partial charge in [0.2, 0.25) is 0 Å². The maximum Gasteiger partial charge on any atom is 0.343 e. The van der Waals surface area contributed by atoms with Crippen molar-refractivity contribution in [2.24, 2.45) is 10.9 Å². The highest BCUT2D eigenvalue weighted by molar-refractivity contribution is 6.10. The molecule has 0 saturated carbocycles. The predicted octanol–water partition coefficient (Wildman–Crippen LogP) is 4.78. The number of hydrogen-bond donors (Lipinski definition) is 1. The molecule has 2 aromatic rings. The third kappa shape index (κ3) is 6.31. The van der Waals surface area contributed by atoms with Gasteiger partial charge in [-0.1, -0.05) is 50.2 Å². The summed E-state index contributed by atoms with van der Waals surface area (Å²) in [6.45, 7) is 5.43. The van der Waals surface area contributed by atoms with Crippen LogP contribution in [0, 0.1) is 5.92 Å². The molecule has 2 rings (SSSR count). The number of aliphatic imine (C=N–C) groups is 1. The summed E-state index contributed by atoms with van der Waals surface area (Å²) in [5, 5.41) is 10.3. The van der Waals surface area contributed by atoms with E-state index in [0.29, 0.717) is 16.8 Å². The van der Waals surface area contributed by atoms with Crippen LogP contribution in [0.25, 0.3) is 0 Å². The second-order valence-corrected chi connectivity index (χ2v) is 6.50. The van der Waals surface area contributed by atoms with Crippen molar-refractivity contribution in [2.45, 2.75) is 27.4 Å². The maximum absolute atomic E-state index is 12.2. The molecule has 2 aromatic carbocycles. The van der Waals surface area contributed by atoms with Gasteiger partial charge in [-0.05, 0) is 25.1 Å². The Morgan fingerprint density at radius 3 is 2.34 bits per heavy atom. The number of aliphatic hydroxyl groups excluding tert-OH is 1. The highest BCUT2D eigenvalue weighted by Gasteiger charge is 2.17. The molecular weight excluding hydrogens is 370 g/mol. The molecule has 0 spiro atoms. The van der Waals surface area contributed by atoms with E-state index in [1.54, 1.807) is 69.3 Å². The van der Waals surface area contributed by atoms with Crippen molar-refractivity contribution in [3.05, 3.63) is 77.1 Å². The first-order valence-electron chi connectivity index (χ1n) is 9.38. The summed E-state index contributed by atoms with van der Waals surface area (Å²) in [4.78, 5) is 28.7. The molecule has 0 amide bonds. The molecule has 0 atom stereocenters. The van der Waals surface area contributed by atoms with Crippen LogP contribution >= 0.6 is 0 Å². The molecule has 0 aliphatic rings. The summed E-state index contributed by atoms with van der Waals surface area (Å²) in [6.07, 6.45) is 1.28. The van der Waals surface area contributed by atoms with E-state index >= 15 is 0 Å². The highest BCUT2D eigenvalue weighted by atomic mass is 16.5. The average molecular weight is 395 g/mol. The van der Waals surface area contributed by atoms with Gasteiger partial charge in [0, 0.05) is 17.7 Å². The number of para-hydroxylation sites is 1. The number of ether oxygens (including phenoxy) is 2. The maximum atomic E-state index is 12.2. The van der Waals surface area contributed by atoms with Crippen molar-refractivity contribution in [1.29, 1.82) is 0 Å². The first-order valence-corrected chi connectivity index (χ1v) is 9.38. The van der Waals surface area contributed by atoms with Crippen LogP contribution in [-0.4, -0.2) is 29.9 Å². The molecule has 0 fully saturated rings. The molecule has 6 nitrogen and oxygen atoms in total. The first kappa shape index (κ1) is 21.9. The van der Waals surface area contributed by atoms with Crippen molar-refractivity contribution in [3.63, 3.8) is 0 Å². The van der Waals surface area contributed by atoms with Crippen LogP contribution in [0.1, 0.15) is 36.7 Å². The number of aliphatic hydroxyl groups is 1. The van der Waals surface area contributed by atoms with Crippen LogP contribution in [0.3, 0.4) is 0 Å². The van der Waals surface area contributed by atoms with E-state index < -0.39 is 11.9 Å². The van der Waals surface area contributed by atoms with Crippen molar-refractivity contribution in [2.75, 3.05) is 6.61 Å². The van der Waals surface area contributed by atoms with Crippen LogP contribution in [0.5, 0.6) is 0 Å². The largest absolute Gasteiger partial charge is 0.511 e. The van der Waals surface area contributed by atoms with Crippen LogP contribution in [0.4, 0.5) is 5.69 Å². The van der Waals surface area contributed by atoms with Gasteiger partial charge in [0.1, 0.15) is 17.9 Å². The number of carbonyl (C=O) groups excluding carboxylic acids is 2. The van der Waals surface area contributed by atoms with Gasteiger partial charge >= 0.3 is 11.9 Å². The van der Waals surface area contributed by atoms with Crippen LogP contribution < -0.4 is 0 Å². The Morgan fingerprint density at radius 2 is 1.69 bits per heavy atom. The topological polar surface area (TPSA) is 85.2 Å². The Balaban J connectivity index is 2.21.